The van der Waals surface area contributed by atoms with Crippen molar-refractivity contribution >= 4 is 22.1 Å². The van der Waals surface area contributed by atoms with E-state index in [1.807, 2.05) is 54.6 Å². The summed E-state index contributed by atoms with van der Waals surface area (Å²) in [6.45, 7) is 2.51. The zero-order valence-electron chi connectivity index (χ0n) is 15.5. The number of nitriles is 1. The standard InChI is InChI=1S/C22H21N4O2/c23-15-17-7-9-18(10-8-17)16-26(14-4-3-13-24-26)22-12-11-21(25(27)28)19-5-1-2-6-20(19)22/h1-2,5-12,24H,3-4,13-14,16H2/q+1. The van der Waals surface area contributed by atoms with Gasteiger partial charge >= 0.3 is 0 Å². The van der Waals surface area contributed by atoms with Gasteiger partial charge in [0, 0.05) is 30.7 Å². The lowest BCUT2D eigenvalue weighted by Gasteiger charge is -2.41. The number of nitrogens with zero attached hydrogens (tertiary/aromatic N) is 3. The number of benzene rings is 3. The summed E-state index contributed by atoms with van der Waals surface area (Å²) in [5.41, 5.74) is 6.61. The molecule has 1 heterocycles. The molecule has 1 saturated heterocycles. The van der Waals surface area contributed by atoms with Crippen LogP contribution in [0, 0.1) is 21.4 Å². The molecular formula is C22H21N4O2+. The van der Waals surface area contributed by atoms with Crippen molar-refractivity contribution in [3.63, 3.8) is 0 Å². The van der Waals surface area contributed by atoms with Crippen LogP contribution in [0.5, 0.6) is 0 Å². The van der Waals surface area contributed by atoms with E-state index in [9.17, 15) is 10.1 Å². The lowest BCUT2D eigenvalue weighted by molar-refractivity contribution is -0.383. The minimum Gasteiger partial charge on any atom is -0.258 e. The molecule has 3 aromatic rings. The van der Waals surface area contributed by atoms with Crippen molar-refractivity contribution in [2.24, 2.45) is 0 Å². The van der Waals surface area contributed by atoms with Crippen LogP contribution in [0.1, 0.15) is 24.0 Å². The van der Waals surface area contributed by atoms with E-state index >= 15 is 0 Å². The second-order valence-electron chi connectivity index (χ2n) is 7.18. The Hall–Kier alpha value is -3.27. The Morgan fingerprint density at radius 2 is 1.79 bits per heavy atom. The first-order chi connectivity index (χ1) is 13.6. The van der Waals surface area contributed by atoms with E-state index in [0.29, 0.717) is 22.1 Å². The van der Waals surface area contributed by atoms with E-state index in [1.165, 1.54) is 0 Å². The Labute approximate surface area is 163 Å². The Morgan fingerprint density at radius 1 is 1.04 bits per heavy atom. The fraction of sp³-hybridized carbons (Fsp3) is 0.227. The first-order valence-electron chi connectivity index (χ1n) is 9.41. The van der Waals surface area contributed by atoms with E-state index in [-0.39, 0.29) is 10.6 Å². The van der Waals surface area contributed by atoms with Gasteiger partial charge in [0.15, 0.2) is 5.69 Å². The first kappa shape index (κ1) is 18.1. The number of nitrogens with one attached hydrogen (secondary N) is 1. The van der Waals surface area contributed by atoms with Gasteiger partial charge in [-0.05, 0) is 30.7 Å². The van der Waals surface area contributed by atoms with Gasteiger partial charge in [0.1, 0.15) is 13.1 Å². The van der Waals surface area contributed by atoms with Crippen molar-refractivity contribution in [2.75, 3.05) is 13.1 Å². The van der Waals surface area contributed by atoms with Gasteiger partial charge in [0.05, 0.1) is 27.3 Å². The summed E-state index contributed by atoms with van der Waals surface area (Å²) in [5.74, 6) is 0. The molecule has 0 amide bonds. The van der Waals surface area contributed by atoms with Crippen molar-refractivity contribution < 1.29 is 4.92 Å². The second kappa shape index (κ2) is 7.39. The molecule has 1 atom stereocenters. The Bertz CT molecular complexity index is 1060. The number of quaternary nitrogens is 1. The van der Waals surface area contributed by atoms with Gasteiger partial charge in [-0.2, -0.15) is 10.7 Å². The number of non-ortho nitro benzene ring substituents is 1. The van der Waals surface area contributed by atoms with E-state index in [1.54, 1.807) is 6.07 Å². The van der Waals surface area contributed by atoms with E-state index in [2.05, 4.69) is 11.5 Å². The molecule has 0 aliphatic carbocycles. The Morgan fingerprint density at radius 3 is 2.43 bits per heavy atom. The molecule has 4 rings (SSSR count). The largest absolute Gasteiger partial charge is 0.277 e. The first-order valence-corrected chi connectivity index (χ1v) is 9.41. The monoisotopic (exact) mass is 373 g/mol. The normalized spacial score (nSPS) is 19.2. The predicted octanol–water partition coefficient (Wildman–Crippen LogP) is 4.43. The summed E-state index contributed by atoms with van der Waals surface area (Å²) in [4.78, 5) is 11.2. The summed E-state index contributed by atoms with van der Waals surface area (Å²) < 4.78 is 0.546. The molecule has 1 fully saturated rings. The molecule has 0 saturated carbocycles. The van der Waals surface area contributed by atoms with Crippen molar-refractivity contribution in [3.05, 3.63) is 81.9 Å². The van der Waals surface area contributed by atoms with Crippen molar-refractivity contribution in [1.29, 1.82) is 5.26 Å². The zero-order valence-corrected chi connectivity index (χ0v) is 15.5. The summed E-state index contributed by atoms with van der Waals surface area (Å²) in [6.07, 6.45) is 2.19. The van der Waals surface area contributed by atoms with Crippen LogP contribution in [0.3, 0.4) is 0 Å². The Balaban J connectivity index is 1.85. The van der Waals surface area contributed by atoms with Gasteiger partial charge in [-0.1, -0.05) is 24.3 Å². The van der Waals surface area contributed by atoms with Gasteiger partial charge in [-0.3, -0.25) is 10.1 Å². The number of fused-ring (bicyclic) bond motifs is 1. The highest BCUT2D eigenvalue weighted by atomic mass is 16.6. The highest BCUT2D eigenvalue weighted by molar-refractivity contribution is 5.99. The van der Waals surface area contributed by atoms with Crippen LogP contribution >= 0.6 is 0 Å². The van der Waals surface area contributed by atoms with Gasteiger partial charge in [-0.25, -0.2) is 4.59 Å². The highest BCUT2D eigenvalue weighted by Crippen LogP contribution is 2.38. The van der Waals surface area contributed by atoms with E-state index in [4.69, 9.17) is 5.26 Å². The SMILES string of the molecule is N#Cc1ccc(C[N+]2(c3ccc([N+](=O)[O-])c4ccccc34)CCCCN2)cc1. The lowest BCUT2D eigenvalue weighted by Crippen LogP contribution is -2.62. The molecular weight excluding hydrogens is 352 g/mol. The van der Waals surface area contributed by atoms with E-state index in [0.717, 1.165) is 42.6 Å². The van der Waals surface area contributed by atoms with Crippen molar-refractivity contribution in [1.82, 2.24) is 10.0 Å². The van der Waals surface area contributed by atoms with Gasteiger partial charge in [0.2, 0.25) is 0 Å². The third-order valence-corrected chi connectivity index (χ3v) is 5.45. The van der Waals surface area contributed by atoms with Crippen molar-refractivity contribution in [3.8, 4) is 6.07 Å². The molecule has 0 aromatic heterocycles. The van der Waals surface area contributed by atoms with Gasteiger partial charge in [0.25, 0.3) is 5.69 Å². The van der Waals surface area contributed by atoms with Crippen LogP contribution in [-0.4, -0.2) is 18.0 Å². The van der Waals surface area contributed by atoms with Gasteiger partial charge < -0.3 is 0 Å². The number of hydrogen-bond donors (Lipinski definition) is 1. The average molecular weight is 373 g/mol. The molecule has 1 aliphatic rings. The van der Waals surface area contributed by atoms with Crippen LogP contribution in [0.4, 0.5) is 11.4 Å². The van der Waals surface area contributed by atoms with Crippen LogP contribution in [0.25, 0.3) is 10.8 Å². The number of rotatable bonds is 4. The van der Waals surface area contributed by atoms with Crippen molar-refractivity contribution in [2.45, 2.75) is 19.4 Å². The maximum Gasteiger partial charge on any atom is 0.277 e. The molecule has 1 aliphatic heterocycles. The molecule has 6 nitrogen and oxygen atoms in total. The maximum absolute atomic E-state index is 11.5. The molecule has 140 valence electrons. The fourth-order valence-corrected chi connectivity index (χ4v) is 4.10. The summed E-state index contributed by atoms with van der Waals surface area (Å²) >= 11 is 0. The van der Waals surface area contributed by atoms with Gasteiger partial charge in [-0.15, -0.1) is 0 Å². The topological polar surface area (TPSA) is 79.0 Å². The molecule has 6 heteroatoms. The van der Waals surface area contributed by atoms with E-state index < -0.39 is 0 Å². The third kappa shape index (κ3) is 3.22. The molecule has 1 N–H and O–H groups in total. The number of nitro groups is 1. The third-order valence-electron chi connectivity index (χ3n) is 5.45. The molecule has 0 radical (unpaired) electrons. The number of nitro benzene ring substituents is 1. The molecule has 1 unspecified atom stereocenters. The Kier molecular flexibility index (Phi) is 4.78. The smallest absolute Gasteiger partial charge is 0.258 e. The van der Waals surface area contributed by atoms with Crippen LogP contribution in [-0.2, 0) is 6.54 Å². The number of hydrogen-bond acceptors (Lipinski definition) is 4. The van der Waals surface area contributed by atoms with Crippen LogP contribution in [0.2, 0.25) is 0 Å². The van der Waals surface area contributed by atoms with Crippen LogP contribution in [0.15, 0.2) is 60.7 Å². The predicted molar refractivity (Wildman–Crippen MR) is 109 cm³/mol. The fourth-order valence-electron chi connectivity index (χ4n) is 4.10. The lowest BCUT2D eigenvalue weighted by atomic mass is 10.0. The summed E-state index contributed by atoms with van der Waals surface area (Å²) in [5, 5.41) is 22.1. The average Bonchev–Trinajstić information content (AvgIpc) is 2.74. The molecule has 28 heavy (non-hydrogen) atoms. The molecule has 0 bridgehead atoms. The van der Waals surface area contributed by atoms with Crippen LogP contribution < -0.4 is 10.0 Å². The maximum atomic E-state index is 11.5. The highest BCUT2D eigenvalue weighted by Gasteiger charge is 2.36. The minimum atomic E-state index is -0.319. The second-order valence-corrected chi connectivity index (χ2v) is 7.18. The minimum absolute atomic E-state index is 0.132. The quantitative estimate of drug-likeness (QED) is 0.417. The summed E-state index contributed by atoms with van der Waals surface area (Å²) in [7, 11) is 0. The summed E-state index contributed by atoms with van der Waals surface area (Å²) in [6, 6.07) is 20.9. The zero-order chi connectivity index (χ0) is 19.6. The molecule has 0 spiro atoms. The molecule has 3 aromatic carbocycles.